The van der Waals surface area contributed by atoms with Gasteiger partial charge < -0.3 is 9.47 Å². The largest absolute Gasteiger partial charge is 0.353 e. The summed E-state index contributed by atoms with van der Waals surface area (Å²) in [4.78, 5) is 18.7. The summed E-state index contributed by atoms with van der Waals surface area (Å²) >= 11 is 8.78. The van der Waals surface area contributed by atoms with Crippen molar-refractivity contribution in [1.82, 2.24) is 19.9 Å². The van der Waals surface area contributed by atoms with Crippen LogP contribution in [-0.4, -0.2) is 39.4 Å². The third-order valence-corrected chi connectivity index (χ3v) is 6.92. The summed E-state index contributed by atoms with van der Waals surface area (Å²) in [5, 5.41) is 1.10. The minimum atomic E-state index is -0.807. The van der Waals surface area contributed by atoms with Crippen LogP contribution in [0.5, 0.6) is 0 Å². The van der Waals surface area contributed by atoms with Crippen molar-refractivity contribution in [3.63, 3.8) is 0 Å². The van der Waals surface area contributed by atoms with Crippen molar-refractivity contribution in [3.8, 4) is 0 Å². The van der Waals surface area contributed by atoms with Crippen LogP contribution in [0.15, 0.2) is 67.0 Å². The zero-order chi connectivity index (χ0) is 23.4. The average Bonchev–Trinajstić information content (AvgIpc) is 2.88. The highest BCUT2D eigenvalue weighted by Gasteiger charge is 2.42. The highest BCUT2D eigenvalue weighted by Crippen LogP contribution is 2.38. The number of hydrogen-bond donors (Lipinski definition) is 0. The lowest BCUT2D eigenvalue weighted by Gasteiger charge is -2.35. The molecule has 0 radical (unpaired) electrons. The molecule has 8 heteroatoms. The average molecular weight is 587 g/mol. The van der Waals surface area contributed by atoms with E-state index in [2.05, 4.69) is 45.8 Å². The molecule has 1 aliphatic rings. The zero-order valence-corrected chi connectivity index (χ0v) is 21.4. The lowest BCUT2D eigenvalue weighted by atomic mass is 9.76. The first kappa shape index (κ1) is 23.5. The molecular formula is C26H24ClIN4O2. The number of aromatic nitrogens is 4. The van der Waals surface area contributed by atoms with Crippen molar-refractivity contribution in [2.45, 2.75) is 37.4 Å². The predicted octanol–water partition coefficient (Wildman–Crippen LogP) is 5.75. The molecule has 2 unspecified atom stereocenters. The Hall–Kier alpha value is -2.20. The normalized spacial score (nSPS) is 18.0. The maximum Gasteiger partial charge on any atom is 0.223 e. The summed E-state index contributed by atoms with van der Waals surface area (Å²) in [5.41, 5.74) is 1.85. The number of ether oxygens (including phenoxy) is 2. The molecule has 0 N–H and O–H groups in total. The van der Waals surface area contributed by atoms with Gasteiger partial charge in [-0.15, -0.1) is 0 Å². The van der Waals surface area contributed by atoms with Crippen LogP contribution in [0.1, 0.15) is 36.3 Å². The first-order valence-corrected chi connectivity index (χ1v) is 12.8. The number of benzene rings is 2. The molecule has 3 heterocycles. The zero-order valence-electron chi connectivity index (χ0n) is 18.5. The SMILES string of the molecule is Clc1nc(C(COC2CCCCO2)(Cc2ccccc2)c2ncccn2)c2cc(I)ccc2n1. The Morgan fingerprint density at radius 1 is 1.03 bits per heavy atom. The van der Waals surface area contributed by atoms with Gasteiger partial charge >= 0.3 is 0 Å². The third-order valence-electron chi connectivity index (χ3n) is 6.08. The third kappa shape index (κ3) is 5.07. The van der Waals surface area contributed by atoms with E-state index in [0.29, 0.717) is 25.5 Å². The lowest BCUT2D eigenvalue weighted by Crippen LogP contribution is -2.41. The van der Waals surface area contributed by atoms with Gasteiger partial charge in [-0.05, 0) is 89.7 Å². The van der Waals surface area contributed by atoms with Crippen LogP contribution in [0.25, 0.3) is 10.9 Å². The van der Waals surface area contributed by atoms with Crippen molar-refractivity contribution < 1.29 is 9.47 Å². The van der Waals surface area contributed by atoms with E-state index in [-0.39, 0.29) is 11.6 Å². The van der Waals surface area contributed by atoms with E-state index >= 15 is 0 Å². The Balaban J connectivity index is 1.72. The van der Waals surface area contributed by atoms with E-state index in [1.54, 1.807) is 12.4 Å². The number of nitrogens with zero attached hydrogens (tertiary/aromatic N) is 4. The van der Waals surface area contributed by atoms with Crippen LogP contribution in [-0.2, 0) is 21.3 Å². The summed E-state index contributed by atoms with van der Waals surface area (Å²) in [6.45, 7) is 1.00. The Morgan fingerprint density at radius 2 is 1.85 bits per heavy atom. The van der Waals surface area contributed by atoms with Gasteiger partial charge in [0.2, 0.25) is 5.28 Å². The predicted molar refractivity (Wildman–Crippen MR) is 140 cm³/mol. The molecule has 1 saturated heterocycles. The van der Waals surface area contributed by atoms with Crippen molar-refractivity contribution >= 4 is 45.1 Å². The van der Waals surface area contributed by atoms with E-state index < -0.39 is 5.41 Å². The van der Waals surface area contributed by atoms with Gasteiger partial charge in [0, 0.05) is 28.0 Å². The summed E-state index contributed by atoms with van der Waals surface area (Å²) in [5.74, 6) is 0.629. The molecule has 0 aliphatic carbocycles. The Bertz CT molecular complexity index is 1260. The summed E-state index contributed by atoms with van der Waals surface area (Å²) in [7, 11) is 0. The standard InChI is InChI=1S/C26H24ClIN4O2/c27-25-31-21-11-10-19(28)15-20(21)23(32-25)26(24-29-12-6-13-30-24,16-18-7-2-1-3-8-18)17-34-22-9-4-5-14-33-22/h1-3,6-8,10-13,15,22H,4-5,9,14,16-17H2. The number of halogens is 2. The van der Waals surface area contributed by atoms with E-state index in [1.807, 2.05) is 36.4 Å². The number of rotatable bonds is 7. The molecule has 174 valence electrons. The smallest absolute Gasteiger partial charge is 0.223 e. The van der Waals surface area contributed by atoms with E-state index in [4.69, 9.17) is 36.0 Å². The lowest BCUT2D eigenvalue weighted by molar-refractivity contribution is -0.170. The Morgan fingerprint density at radius 3 is 2.62 bits per heavy atom. The van der Waals surface area contributed by atoms with Gasteiger partial charge in [-0.25, -0.2) is 19.9 Å². The molecule has 2 aromatic heterocycles. The molecule has 2 atom stereocenters. The van der Waals surface area contributed by atoms with Gasteiger partial charge in [0.05, 0.1) is 17.8 Å². The van der Waals surface area contributed by atoms with Crippen LogP contribution in [0, 0.1) is 3.57 Å². The maximum absolute atomic E-state index is 6.48. The van der Waals surface area contributed by atoms with E-state index in [0.717, 1.165) is 45.0 Å². The first-order valence-electron chi connectivity index (χ1n) is 11.3. The number of hydrogen-bond acceptors (Lipinski definition) is 6. The van der Waals surface area contributed by atoms with Crippen molar-refractivity contribution in [3.05, 3.63) is 92.9 Å². The second-order valence-corrected chi connectivity index (χ2v) is 10.0. The van der Waals surface area contributed by atoms with Crippen molar-refractivity contribution in [1.29, 1.82) is 0 Å². The molecule has 6 nitrogen and oxygen atoms in total. The first-order chi connectivity index (χ1) is 16.6. The van der Waals surface area contributed by atoms with Gasteiger partial charge in [-0.2, -0.15) is 0 Å². The van der Waals surface area contributed by atoms with Crippen molar-refractivity contribution in [2.24, 2.45) is 0 Å². The molecule has 34 heavy (non-hydrogen) atoms. The highest BCUT2D eigenvalue weighted by molar-refractivity contribution is 14.1. The molecule has 0 amide bonds. The van der Waals surface area contributed by atoms with E-state index in [9.17, 15) is 0 Å². The molecular weight excluding hydrogens is 563 g/mol. The van der Waals surface area contributed by atoms with Crippen LogP contribution in [0.3, 0.4) is 0 Å². The summed E-state index contributed by atoms with van der Waals surface area (Å²) in [6, 6.07) is 18.2. The molecule has 0 saturated carbocycles. The second kappa shape index (κ2) is 10.6. The molecule has 1 aliphatic heterocycles. The van der Waals surface area contributed by atoms with E-state index in [1.165, 1.54) is 0 Å². The fourth-order valence-corrected chi connectivity index (χ4v) is 5.12. The molecule has 0 bridgehead atoms. The van der Waals surface area contributed by atoms with Crippen LogP contribution < -0.4 is 0 Å². The molecule has 0 spiro atoms. The van der Waals surface area contributed by atoms with Crippen LogP contribution in [0.4, 0.5) is 0 Å². The van der Waals surface area contributed by atoms with Gasteiger partial charge in [0.15, 0.2) is 6.29 Å². The van der Waals surface area contributed by atoms with Gasteiger partial charge in [0.25, 0.3) is 0 Å². The highest BCUT2D eigenvalue weighted by atomic mass is 127. The summed E-state index contributed by atoms with van der Waals surface area (Å²) in [6.07, 6.45) is 6.83. The maximum atomic E-state index is 6.48. The fourth-order valence-electron chi connectivity index (χ4n) is 4.46. The van der Waals surface area contributed by atoms with Crippen LogP contribution in [0.2, 0.25) is 5.28 Å². The number of fused-ring (bicyclic) bond motifs is 1. The molecule has 2 aromatic carbocycles. The quantitative estimate of drug-likeness (QED) is 0.203. The molecule has 1 fully saturated rings. The van der Waals surface area contributed by atoms with Crippen molar-refractivity contribution in [2.75, 3.05) is 13.2 Å². The Labute approximate surface area is 217 Å². The minimum absolute atomic E-state index is 0.186. The summed E-state index contributed by atoms with van der Waals surface area (Å²) < 4.78 is 13.4. The molecule has 5 rings (SSSR count). The Kier molecular flexibility index (Phi) is 7.34. The van der Waals surface area contributed by atoms with Gasteiger partial charge in [-0.1, -0.05) is 30.3 Å². The molecule has 4 aromatic rings. The van der Waals surface area contributed by atoms with Gasteiger partial charge in [-0.3, -0.25) is 0 Å². The topological polar surface area (TPSA) is 70.0 Å². The monoisotopic (exact) mass is 586 g/mol. The fraction of sp³-hybridized carbons (Fsp3) is 0.308. The second-order valence-electron chi connectivity index (χ2n) is 8.43. The van der Waals surface area contributed by atoms with Gasteiger partial charge in [0.1, 0.15) is 11.2 Å². The van der Waals surface area contributed by atoms with Crippen LogP contribution >= 0.6 is 34.2 Å². The minimum Gasteiger partial charge on any atom is -0.353 e.